The van der Waals surface area contributed by atoms with Crippen LogP contribution in [0.2, 0.25) is 5.02 Å². The number of hydrogen-bond donors (Lipinski definition) is 0. The number of alkyl halides is 2. The van der Waals surface area contributed by atoms with Crippen LogP contribution >= 0.6 is 11.6 Å². The van der Waals surface area contributed by atoms with Crippen molar-refractivity contribution in [2.24, 2.45) is 0 Å². The number of ether oxygens (including phenoxy) is 2. The van der Waals surface area contributed by atoms with Gasteiger partial charge in [-0.25, -0.2) is 13.1 Å². The van der Waals surface area contributed by atoms with Gasteiger partial charge < -0.3 is 9.47 Å². The third-order valence-electron chi connectivity index (χ3n) is 3.10. The molecule has 0 radical (unpaired) electrons. The molecule has 0 saturated carbocycles. The van der Waals surface area contributed by atoms with E-state index >= 15 is 0 Å². The topological polar surface area (TPSA) is 70.4 Å². The number of aryl methyl sites for hydroxylation is 1. The van der Waals surface area contributed by atoms with E-state index in [1.165, 1.54) is 18.0 Å². The van der Waals surface area contributed by atoms with E-state index in [0.29, 0.717) is 5.69 Å². The van der Waals surface area contributed by atoms with E-state index in [4.69, 9.17) is 16.3 Å². The second kappa shape index (κ2) is 7.45. The van der Waals surface area contributed by atoms with Gasteiger partial charge in [-0.05, 0) is 25.1 Å². The zero-order valence-corrected chi connectivity index (χ0v) is 14.4. The Balaban J connectivity index is 2.62. The van der Waals surface area contributed by atoms with Gasteiger partial charge in [0.15, 0.2) is 15.6 Å². The van der Waals surface area contributed by atoms with Gasteiger partial charge in [-0.15, -0.1) is 0 Å². The van der Waals surface area contributed by atoms with E-state index in [2.05, 4.69) is 9.84 Å². The highest BCUT2D eigenvalue weighted by molar-refractivity contribution is 7.91. The summed E-state index contributed by atoms with van der Waals surface area (Å²) in [7, 11) is -2.39. The predicted molar refractivity (Wildman–Crippen MR) is 83.9 cm³/mol. The lowest BCUT2D eigenvalue weighted by molar-refractivity contribution is -0.0499. The van der Waals surface area contributed by atoms with E-state index < -0.39 is 16.4 Å². The van der Waals surface area contributed by atoms with Crippen LogP contribution in [0.1, 0.15) is 5.69 Å². The van der Waals surface area contributed by atoms with Gasteiger partial charge in [-0.1, -0.05) is 11.6 Å². The van der Waals surface area contributed by atoms with Crippen LogP contribution in [-0.2, 0) is 14.6 Å². The normalized spacial score (nSPS) is 11.9. The zero-order valence-electron chi connectivity index (χ0n) is 12.9. The molecule has 0 N–H and O–H groups in total. The summed E-state index contributed by atoms with van der Waals surface area (Å²) in [4.78, 5) is -0.203. The summed E-state index contributed by atoms with van der Waals surface area (Å²) in [6.45, 7) is -1.42. The molecular weight excluding hydrogens is 366 g/mol. The van der Waals surface area contributed by atoms with Crippen LogP contribution in [0.5, 0.6) is 5.75 Å². The average molecular weight is 381 g/mol. The monoisotopic (exact) mass is 380 g/mol. The zero-order chi connectivity index (χ0) is 17.9. The first-order valence-corrected chi connectivity index (χ1v) is 8.81. The van der Waals surface area contributed by atoms with Crippen molar-refractivity contribution >= 4 is 21.4 Å². The lowest BCUT2D eigenvalue weighted by atomic mass is 10.3. The van der Waals surface area contributed by atoms with Crippen molar-refractivity contribution in [1.29, 1.82) is 0 Å². The Morgan fingerprint density at radius 3 is 2.58 bits per heavy atom. The summed E-state index contributed by atoms with van der Waals surface area (Å²) in [6.07, 6.45) is 1.47. The summed E-state index contributed by atoms with van der Waals surface area (Å²) < 4.78 is 60.4. The van der Waals surface area contributed by atoms with Crippen LogP contribution in [0, 0.1) is 6.92 Å². The second-order valence-corrected chi connectivity index (χ2v) is 7.27. The average Bonchev–Trinajstić information content (AvgIpc) is 2.90. The fraction of sp³-hybridized carbons (Fsp3) is 0.357. The molecular formula is C14H15ClF2N2O4S. The van der Waals surface area contributed by atoms with Crippen LogP contribution in [0.3, 0.4) is 0 Å². The minimum Gasteiger partial charge on any atom is -0.432 e. The van der Waals surface area contributed by atoms with Crippen LogP contribution in [0.15, 0.2) is 29.3 Å². The molecule has 10 heteroatoms. The minimum atomic E-state index is -3.76. The molecule has 0 aliphatic heterocycles. The molecule has 2 rings (SSSR count). The van der Waals surface area contributed by atoms with Gasteiger partial charge >= 0.3 is 6.61 Å². The highest BCUT2D eigenvalue weighted by atomic mass is 35.5. The third-order valence-corrected chi connectivity index (χ3v) is 5.31. The Labute approximate surface area is 142 Å². The van der Waals surface area contributed by atoms with Gasteiger partial charge in [0.25, 0.3) is 0 Å². The van der Waals surface area contributed by atoms with Crippen molar-refractivity contribution in [3.05, 3.63) is 35.1 Å². The summed E-state index contributed by atoms with van der Waals surface area (Å²) in [5.74, 6) is -0.570. The van der Waals surface area contributed by atoms with Gasteiger partial charge in [0.1, 0.15) is 5.69 Å². The van der Waals surface area contributed by atoms with Gasteiger partial charge in [0, 0.05) is 13.3 Å². The van der Waals surface area contributed by atoms with E-state index in [1.807, 2.05) is 0 Å². The van der Waals surface area contributed by atoms with Crippen molar-refractivity contribution in [2.45, 2.75) is 18.4 Å². The van der Waals surface area contributed by atoms with E-state index in [-0.39, 0.29) is 33.7 Å². The molecule has 0 atom stereocenters. The number of halogens is 3. The van der Waals surface area contributed by atoms with E-state index in [0.717, 1.165) is 12.1 Å². The first-order valence-electron chi connectivity index (χ1n) is 6.78. The number of nitrogens with zero attached hydrogens (tertiary/aromatic N) is 2. The largest absolute Gasteiger partial charge is 0.432 e. The van der Waals surface area contributed by atoms with Crippen molar-refractivity contribution in [3.63, 3.8) is 0 Å². The van der Waals surface area contributed by atoms with Crippen LogP contribution < -0.4 is 4.74 Å². The molecule has 0 spiro atoms. The molecule has 0 bridgehead atoms. The second-order valence-electron chi connectivity index (χ2n) is 4.82. The summed E-state index contributed by atoms with van der Waals surface area (Å²) >= 11 is 6.20. The van der Waals surface area contributed by atoms with Gasteiger partial charge in [-0.3, -0.25) is 0 Å². The molecule has 0 amide bonds. The smallest absolute Gasteiger partial charge is 0.387 e. The number of hydrogen-bond acceptors (Lipinski definition) is 5. The number of rotatable bonds is 7. The quantitative estimate of drug-likeness (QED) is 0.738. The minimum absolute atomic E-state index is 0.0237. The van der Waals surface area contributed by atoms with Crippen LogP contribution in [0.25, 0.3) is 5.69 Å². The third kappa shape index (κ3) is 4.03. The molecule has 0 aliphatic rings. The first-order chi connectivity index (χ1) is 11.3. The van der Waals surface area contributed by atoms with Crippen molar-refractivity contribution in [3.8, 4) is 11.4 Å². The van der Waals surface area contributed by atoms with Gasteiger partial charge in [0.2, 0.25) is 0 Å². The van der Waals surface area contributed by atoms with E-state index in [9.17, 15) is 17.2 Å². The molecule has 2 aromatic rings. The van der Waals surface area contributed by atoms with Crippen molar-refractivity contribution in [2.75, 3.05) is 19.5 Å². The molecule has 6 nitrogen and oxygen atoms in total. The van der Waals surface area contributed by atoms with E-state index in [1.54, 1.807) is 13.0 Å². The number of aromatic nitrogens is 2. The molecule has 1 aromatic heterocycles. The van der Waals surface area contributed by atoms with Crippen LogP contribution in [-0.4, -0.2) is 44.3 Å². The SMILES string of the molecule is COCCS(=O)(=O)c1ccc(OC(F)F)c(-n2ccc(C)n2)c1Cl. The van der Waals surface area contributed by atoms with Gasteiger partial charge in [-0.2, -0.15) is 13.9 Å². The maximum atomic E-state index is 12.6. The first kappa shape index (κ1) is 18.6. The molecule has 1 heterocycles. The summed E-state index contributed by atoms with van der Waals surface area (Å²) in [5.41, 5.74) is 0.533. The summed E-state index contributed by atoms with van der Waals surface area (Å²) in [6, 6.07) is 3.88. The fourth-order valence-corrected chi connectivity index (χ4v) is 3.86. The fourth-order valence-electron chi connectivity index (χ4n) is 2.02. The lowest BCUT2D eigenvalue weighted by Gasteiger charge is -2.15. The maximum Gasteiger partial charge on any atom is 0.387 e. The number of sulfone groups is 1. The van der Waals surface area contributed by atoms with Crippen molar-refractivity contribution < 1.29 is 26.7 Å². The van der Waals surface area contributed by atoms with Crippen LogP contribution in [0.4, 0.5) is 8.78 Å². The highest BCUT2D eigenvalue weighted by Crippen LogP contribution is 2.36. The molecule has 132 valence electrons. The standard InChI is InChI=1S/C14H15ClF2N2O4S/c1-9-5-6-19(18-9)13-10(23-14(16)17)3-4-11(12(13)15)24(20,21)8-7-22-2/h3-6,14H,7-8H2,1-2H3. The number of methoxy groups -OCH3 is 1. The Hall–Kier alpha value is -1.71. The Morgan fingerprint density at radius 2 is 2.04 bits per heavy atom. The Morgan fingerprint density at radius 1 is 1.33 bits per heavy atom. The Bertz CT molecular complexity index is 824. The molecule has 0 unspecified atom stereocenters. The lowest BCUT2D eigenvalue weighted by Crippen LogP contribution is -2.14. The maximum absolute atomic E-state index is 12.6. The number of benzene rings is 1. The molecule has 0 aliphatic carbocycles. The molecule has 0 saturated heterocycles. The Kier molecular flexibility index (Phi) is 5.79. The highest BCUT2D eigenvalue weighted by Gasteiger charge is 2.25. The predicted octanol–water partition coefficient (Wildman–Crippen LogP) is 2.86. The molecule has 1 aromatic carbocycles. The van der Waals surface area contributed by atoms with Crippen molar-refractivity contribution in [1.82, 2.24) is 9.78 Å². The van der Waals surface area contributed by atoms with Gasteiger partial charge in [0.05, 0.1) is 28.0 Å². The summed E-state index contributed by atoms with van der Waals surface area (Å²) in [5, 5.41) is 3.84. The molecule has 0 fully saturated rings. The molecule has 24 heavy (non-hydrogen) atoms.